The molecule has 3 N–H and O–H groups in total. The first-order valence-electron chi connectivity index (χ1n) is 7.19. The van der Waals surface area contributed by atoms with Gasteiger partial charge in [-0.1, -0.05) is 50.2 Å². The standard InChI is InChI=1S/C17H23NO2/c1-2-3-4-5-6-7-8-14-9-11-15(12-10-14)13-16(18)17(19)20/h9-12,16H,2-6,13,18H2,1H3,(H,19,20)/t16-/m0/s1. The molecule has 0 aliphatic carbocycles. The predicted molar refractivity (Wildman–Crippen MR) is 81.4 cm³/mol. The summed E-state index contributed by atoms with van der Waals surface area (Å²) in [7, 11) is 0. The minimum atomic E-state index is -0.971. The van der Waals surface area contributed by atoms with E-state index in [2.05, 4.69) is 18.8 Å². The molecule has 0 aromatic heterocycles. The van der Waals surface area contributed by atoms with E-state index in [4.69, 9.17) is 10.8 Å². The number of hydrogen-bond acceptors (Lipinski definition) is 2. The molecular weight excluding hydrogens is 250 g/mol. The summed E-state index contributed by atoms with van der Waals surface area (Å²) in [4.78, 5) is 10.7. The van der Waals surface area contributed by atoms with Crippen molar-refractivity contribution < 1.29 is 9.90 Å². The molecule has 1 rings (SSSR count). The summed E-state index contributed by atoms with van der Waals surface area (Å²) in [5.41, 5.74) is 7.39. The van der Waals surface area contributed by atoms with E-state index in [1.54, 1.807) is 0 Å². The first-order valence-corrected chi connectivity index (χ1v) is 7.19. The molecule has 3 nitrogen and oxygen atoms in total. The van der Waals surface area contributed by atoms with Crippen LogP contribution in [0.15, 0.2) is 24.3 Å². The molecule has 0 aliphatic rings. The molecule has 3 heteroatoms. The molecule has 108 valence electrons. The molecule has 0 aliphatic heterocycles. The van der Waals surface area contributed by atoms with Gasteiger partial charge in [0, 0.05) is 12.0 Å². The third-order valence-electron chi connectivity index (χ3n) is 3.11. The quantitative estimate of drug-likeness (QED) is 0.593. The van der Waals surface area contributed by atoms with Crippen molar-refractivity contribution in [2.75, 3.05) is 0 Å². The van der Waals surface area contributed by atoms with Crippen molar-refractivity contribution in [2.45, 2.75) is 51.5 Å². The highest BCUT2D eigenvalue weighted by molar-refractivity contribution is 5.73. The monoisotopic (exact) mass is 273 g/mol. The van der Waals surface area contributed by atoms with Crippen molar-refractivity contribution in [3.05, 3.63) is 35.4 Å². The number of unbranched alkanes of at least 4 members (excludes halogenated alkanes) is 4. The van der Waals surface area contributed by atoms with Gasteiger partial charge in [0.1, 0.15) is 6.04 Å². The van der Waals surface area contributed by atoms with E-state index in [9.17, 15) is 4.79 Å². The van der Waals surface area contributed by atoms with E-state index in [1.165, 1.54) is 19.3 Å². The first kappa shape index (κ1) is 16.3. The summed E-state index contributed by atoms with van der Waals surface area (Å²) in [6, 6.07) is 6.78. The van der Waals surface area contributed by atoms with Gasteiger partial charge < -0.3 is 10.8 Å². The van der Waals surface area contributed by atoms with E-state index in [0.29, 0.717) is 6.42 Å². The van der Waals surface area contributed by atoms with Crippen molar-refractivity contribution >= 4 is 5.97 Å². The summed E-state index contributed by atoms with van der Waals surface area (Å²) in [5, 5.41) is 8.76. The number of carboxylic acids is 1. The Morgan fingerprint density at radius 2 is 1.95 bits per heavy atom. The van der Waals surface area contributed by atoms with E-state index >= 15 is 0 Å². The minimum absolute atomic E-state index is 0.347. The predicted octanol–water partition coefficient (Wildman–Crippen LogP) is 2.96. The number of nitrogens with two attached hydrogens (primary N) is 1. The summed E-state index contributed by atoms with van der Waals surface area (Å²) < 4.78 is 0. The molecule has 0 amide bonds. The van der Waals surface area contributed by atoms with Crippen LogP contribution in [0.1, 0.15) is 50.2 Å². The van der Waals surface area contributed by atoms with E-state index in [1.807, 2.05) is 24.3 Å². The molecule has 1 aromatic carbocycles. The molecule has 0 saturated heterocycles. The maximum Gasteiger partial charge on any atom is 0.320 e. The van der Waals surface area contributed by atoms with Gasteiger partial charge in [0.2, 0.25) is 0 Å². The Morgan fingerprint density at radius 3 is 2.55 bits per heavy atom. The number of rotatable bonds is 7. The maximum absolute atomic E-state index is 10.7. The fourth-order valence-corrected chi connectivity index (χ4v) is 1.87. The van der Waals surface area contributed by atoms with E-state index < -0.39 is 12.0 Å². The summed E-state index contributed by atoms with van der Waals surface area (Å²) in [5.74, 6) is 5.33. The molecule has 0 spiro atoms. The van der Waals surface area contributed by atoms with Crippen LogP contribution in [0.3, 0.4) is 0 Å². The smallest absolute Gasteiger partial charge is 0.320 e. The zero-order valence-electron chi connectivity index (χ0n) is 12.1. The van der Waals surface area contributed by atoms with Crippen LogP contribution >= 0.6 is 0 Å². The highest BCUT2D eigenvalue weighted by Gasteiger charge is 2.11. The average molecular weight is 273 g/mol. The Kier molecular flexibility index (Phi) is 7.46. The second-order valence-electron chi connectivity index (χ2n) is 4.96. The molecule has 0 radical (unpaired) electrons. The second kappa shape index (κ2) is 9.17. The number of aliphatic carboxylic acids is 1. The van der Waals surface area contributed by atoms with Crippen molar-refractivity contribution in [1.29, 1.82) is 0 Å². The van der Waals surface area contributed by atoms with Gasteiger partial charge in [-0.05, 0) is 30.5 Å². The number of carboxylic acid groups (broad SMARTS) is 1. The highest BCUT2D eigenvalue weighted by atomic mass is 16.4. The van der Waals surface area contributed by atoms with Crippen LogP contribution in [0.5, 0.6) is 0 Å². The van der Waals surface area contributed by atoms with Gasteiger partial charge in [0.05, 0.1) is 0 Å². The Hall–Kier alpha value is -1.79. The Bertz CT molecular complexity index is 468. The van der Waals surface area contributed by atoms with E-state index in [-0.39, 0.29) is 0 Å². The average Bonchev–Trinajstić information content (AvgIpc) is 2.44. The molecule has 0 bridgehead atoms. The van der Waals surface area contributed by atoms with Crippen LogP contribution in [0.25, 0.3) is 0 Å². The van der Waals surface area contributed by atoms with Crippen LogP contribution in [0.2, 0.25) is 0 Å². The summed E-state index contributed by atoms with van der Waals surface area (Å²) >= 11 is 0. The lowest BCUT2D eigenvalue weighted by atomic mass is 10.0. The topological polar surface area (TPSA) is 63.3 Å². The van der Waals surface area contributed by atoms with Gasteiger partial charge >= 0.3 is 5.97 Å². The molecular formula is C17H23NO2. The zero-order valence-corrected chi connectivity index (χ0v) is 12.1. The SMILES string of the molecule is CCCCCCC#Cc1ccc(C[C@H](N)C(=O)O)cc1. The second-order valence-corrected chi connectivity index (χ2v) is 4.96. The highest BCUT2D eigenvalue weighted by Crippen LogP contribution is 2.06. The minimum Gasteiger partial charge on any atom is -0.480 e. The van der Waals surface area contributed by atoms with Crippen molar-refractivity contribution in [1.82, 2.24) is 0 Å². The third kappa shape index (κ3) is 6.40. The molecule has 1 aromatic rings. The van der Waals surface area contributed by atoms with Crippen molar-refractivity contribution in [3.8, 4) is 11.8 Å². The fraction of sp³-hybridized carbons (Fsp3) is 0.471. The lowest BCUT2D eigenvalue weighted by Crippen LogP contribution is -2.32. The van der Waals surface area contributed by atoms with Crippen molar-refractivity contribution in [3.63, 3.8) is 0 Å². The Labute approximate surface area is 121 Å². The lowest BCUT2D eigenvalue weighted by Gasteiger charge is -2.05. The van der Waals surface area contributed by atoms with Gasteiger partial charge in [0.25, 0.3) is 0 Å². The maximum atomic E-state index is 10.7. The zero-order chi connectivity index (χ0) is 14.8. The lowest BCUT2D eigenvalue weighted by molar-refractivity contribution is -0.138. The molecule has 0 fully saturated rings. The summed E-state index contributed by atoms with van der Waals surface area (Å²) in [6.45, 7) is 2.20. The van der Waals surface area contributed by atoms with Crippen LogP contribution in [0, 0.1) is 11.8 Å². The van der Waals surface area contributed by atoms with Crippen LogP contribution < -0.4 is 5.73 Å². The van der Waals surface area contributed by atoms with Gasteiger partial charge in [-0.25, -0.2) is 0 Å². The third-order valence-corrected chi connectivity index (χ3v) is 3.11. The molecule has 1 atom stereocenters. The van der Waals surface area contributed by atoms with Crippen LogP contribution in [-0.4, -0.2) is 17.1 Å². The van der Waals surface area contributed by atoms with Crippen LogP contribution in [-0.2, 0) is 11.2 Å². The van der Waals surface area contributed by atoms with Crippen LogP contribution in [0.4, 0.5) is 0 Å². The Balaban J connectivity index is 2.42. The van der Waals surface area contributed by atoms with Gasteiger partial charge in [-0.2, -0.15) is 0 Å². The number of benzene rings is 1. The molecule has 0 saturated carbocycles. The molecule has 0 heterocycles. The van der Waals surface area contributed by atoms with Gasteiger partial charge in [0.15, 0.2) is 0 Å². The Morgan fingerprint density at radius 1 is 1.25 bits per heavy atom. The van der Waals surface area contributed by atoms with Gasteiger partial charge in [-0.3, -0.25) is 4.79 Å². The normalized spacial score (nSPS) is 11.5. The van der Waals surface area contributed by atoms with E-state index in [0.717, 1.165) is 24.0 Å². The molecule has 0 unspecified atom stereocenters. The number of hydrogen-bond donors (Lipinski definition) is 2. The van der Waals surface area contributed by atoms with Crippen molar-refractivity contribution in [2.24, 2.45) is 5.73 Å². The fourth-order valence-electron chi connectivity index (χ4n) is 1.87. The van der Waals surface area contributed by atoms with Gasteiger partial charge in [-0.15, -0.1) is 0 Å². The molecule has 20 heavy (non-hydrogen) atoms. The first-order chi connectivity index (χ1) is 9.63. The largest absolute Gasteiger partial charge is 0.480 e. The number of carbonyl (C=O) groups is 1. The summed E-state index contributed by atoms with van der Waals surface area (Å²) in [6.07, 6.45) is 6.21.